The van der Waals surface area contributed by atoms with E-state index in [1.54, 1.807) is 6.07 Å². The second-order valence-corrected chi connectivity index (χ2v) is 6.45. The minimum atomic E-state index is -1.14. The van der Waals surface area contributed by atoms with Gasteiger partial charge in [0.2, 0.25) is 5.91 Å². The van der Waals surface area contributed by atoms with E-state index in [9.17, 15) is 9.59 Å². The summed E-state index contributed by atoms with van der Waals surface area (Å²) in [4.78, 5) is 23.4. The van der Waals surface area contributed by atoms with Crippen LogP contribution >= 0.6 is 34.7 Å². The molecule has 1 aromatic rings. The van der Waals surface area contributed by atoms with Gasteiger partial charge in [-0.3, -0.25) is 4.79 Å². The number of rotatable bonds is 8. The lowest BCUT2D eigenvalue weighted by molar-refractivity contribution is -0.141. The van der Waals surface area contributed by atoms with Crippen LogP contribution in [0.15, 0.2) is 12.1 Å². The number of aliphatic hydroxyl groups excluding tert-OH is 1. The molecule has 0 aliphatic carbocycles. The highest BCUT2D eigenvalue weighted by molar-refractivity contribution is 7.99. The van der Waals surface area contributed by atoms with Gasteiger partial charge in [-0.05, 0) is 12.1 Å². The SMILES string of the molecule is O=C(CSCc1ccc(Cl)s1)N[C@@H](CCO)C(=O)O. The molecular weight excluding hydrogens is 310 g/mol. The number of carbonyl (C=O) groups excluding carboxylic acids is 1. The molecular formula is C11H14ClNO4S2. The molecule has 0 saturated heterocycles. The Hall–Kier alpha value is -0.760. The van der Waals surface area contributed by atoms with Gasteiger partial charge < -0.3 is 15.5 Å². The lowest BCUT2D eigenvalue weighted by atomic mass is 10.2. The summed E-state index contributed by atoms with van der Waals surface area (Å²) in [5, 5.41) is 19.9. The predicted molar refractivity (Wildman–Crippen MR) is 76.8 cm³/mol. The highest BCUT2D eigenvalue weighted by Crippen LogP contribution is 2.24. The fourth-order valence-corrected chi connectivity index (χ4v) is 3.33. The molecule has 3 N–H and O–H groups in total. The van der Waals surface area contributed by atoms with Gasteiger partial charge in [0, 0.05) is 23.7 Å². The van der Waals surface area contributed by atoms with E-state index in [1.807, 2.05) is 6.07 Å². The number of aliphatic carboxylic acids is 1. The van der Waals surface area contributed by atoms with Crippen LogP contribution in [0.25, 0.3) is 0 Å². The molecule has 0 unspecified atom stereocenters. The van der Waals surface area contributed by atoms with E-state index < -0.39 is 12.0 Å². The highest BCUT2D eigenvalue weighted by atomic mass is 35.5. The van der Waals surface area contributed by atoms with E-state index in [0.717, 1.165) is 4.88 Å². The molecule has 0 bridgehead atoms. The van der Waals surface area contributed by atoms with Crippen LogP contribution in [0, 0.1) is 0 Å². The first-order valence-corrected chi connectivity index (χ1v) is 7.83. The summed E-state index contributed by atoms with van der Waals surface area (Å²) in [6.45, 7) is -0.280. The number of aliphatic hydroxyl groups is 1. The molecule has 1 amide bonds. The number of carbonyl (C=O) groups is 2. The van der Waals surface area contributed by atoms with Gasteiger partial charge in [-0.15, -0.1) is 23.1 Å². The largest absolute Gasteiger partial charge is 0.480 e. The number of thioether (sulfide) groups is 1. The van der Waals surface area contributed by atoms with Crippen molar-refractivity contribution >= 4 is 46.6 Å². The molecule has 1 atom stereocenters. The lowest BCUT2D eigenvalue weighted by Crippen LogP contribution is -2.42. The van der Waals surface area contributed by atoms with E-state index in [2.05, 4.69) is 5.32 Å². The normalized spacial score (nSPS) is 12.1. The number of carboxylic acids is 1. The van der Waals surface area contributed by atoms with Gasteiger partial charge in [-0.1, -0.05) is 11.6 Å². The molecule has 0 aliphatic heterocycles. The number of halogens is 1. The van der Waals surface area contributed by atoms with Gasteiger partial charge in [0.25, 0.3) is 0 Å². The molecule has 0 spiro atoms. The molecule has 106 valence electrons. The molecule has 0 aliphatic rings. The van der Waals surface area contributed by atoms with Crippen molar-refractivity contribution in [1.29, 1.82) is 0 Å². The maximum atomic E-state index is 11.5. The zero-order valence-corrected chi connectivity index (χ0v) is 12.4. The van der Waals surface area contributed by atoms with Crippen molar-refractivity contribution in [2.24, 2.45) is 0 Å². The van der Waals surface area contributed by atoms with Crippen molar-refractivity contribution < 1.29 is 19.8 Å². The van der Waals surface area contributed by atoms with Crippen LogP contribution in [0.3, 0.4) is 0 Å². The first kappa shape index (κ1) is 16.3. The van der Waals surface area contributed by atoms with Gasteiger partial charge in [0.1, 0.15) is 6.04 Å². The topological polar surface area (TPSA) is 86.6 Å². The summed E-state index contributed by atoms with van der Waals surface area (Å²) >= 11 is 8.62. The number of amides is 1. The minimum absolute atomic E-state index is 0.00622. The Balaban J connectivity index is 2.28. The Kier molecular flexibility index (Phi) is 7.22. The lowest BCUT2D eigenvalue weighted by Gasteiger charge is -2.12. The number of hydrogen-bond donors (Lipinski definition) is 3. The van der Waals surface area contributed by atoms with Gasteiger partial charge in [0.05, 0.1) is 10.1 Å². The quantitative estimate of drug-likeness (QED) is 0.676. The molecule has 0 aromatic carbocycles. The molecule has 0 fully saturated rings. The summed E-state index contributed by atoms with van der Waals surface area (Å²) in [5.41, 5.74) is 0. The van der Waals surface area contributed by atoms with Gasteiger partial charge in [-0.2, -0.15) is 0 Å². The van der Waals surface area contributed by atoms with E-state index >= 15 is 0 Å². The van der Waals surface area contributed by atoms with Crippen molar-refractivity contribution in [1.82, 2.24) is 5.32 Å². The second kappa shape index (κ2) is 8.42. The van der Waals surface area contributed by atoms with Crippen LogP contribution in [0.2, 0.25) is 4.34 Å². The van der Waals surface area contributed by atoms with Crippen molar-refractivity contribution in [2.75, 3.05) is 12.4 Å². The third-order valence-electron chi connectivity index (χ3n) is 2.16. The molecule has 1 heterocycles. The van der Waals surface area contributed by atoms with Crippen LogP contribution in [0.1, 0.15) is 11.3 Å². The monoisotopic (exact) mass is 323 g/mol. The van der Waals surface area contributed by atoms with E-state index in [1.165, 1.54) is 23.1 Å². The molecule has 8 heteroatoms. The Labute approximate surface area is 124 Å². The molecule has 5 nitrogen and oxygen atoms in total. The fraction of sp³-hybridized carbons (Fsp3) is 0.455. The Morgan fingerprint density at radius 1 is 1.47 bits per heavy atom. The first-order chi connectivity index (χ1) is 9.02. The van der Waals surface area contributed by atoms with Crippen LogP contribution < -0.4 is 5.32 Å². The number of carboxylic acid groups (broad SMARTS) is 1. The zero-order chi connectivity index (χ0) is 14.3. The molecule has 0 radical (unpaired) electrons. The summed E-state index contributed by atoms with van der Waals surface area (Å²) in [7, 11) is 0. The smallest absolute Gasteiger partial charge is 0.326 e. The average molecular weight is 324 g/mol. The number of hydrogen-bond acceptors (Lipinski definition) is 5. The third-order valence-corrected chi connectivity index (χ3v) is 4.55. The zero-order valence-electron chi connectivity index (χ0n) is 9.97. The standard InChI is InChI=1S/C11H14ClNO4S2/c12-9-2-1-7(19-9)5-18-6-10(15)13-8(3-4-14)11(16)17/h1-2,8,14H,3-6H2,(H,13,15)(H,16,17)/t8-/m0/s1. The van der Waals surface area contributed by atoms with Gasteiger partial charge >= 0.3 is 5.97 Å². The molecule has 1 rings (SSSR count). The van der Waals surface area contributed by atoms with Crippen LogP contribution in [-0.2, 0) is 15.3 Å². The highest BCUT2D eigenvalue weighted by Gasteiger charge is 2.18. The van der Waals surface area contributed by atoms with E-state index in [4.69, 9.17) is 21.8 Å². The summed E-state index contributed by atoms with van der Waals surface area (Å²) < 4.78 is 0.703. The van der Waals surface area contributed by atoms with Gasteiger partial charge in [0.15, 0.2) is 0 Å². The summed E-state index contributed by atoms with van der Waals surface area (Å²) in [6, 6.07) is 2.66. The first-order valence-electron chi connectivity index (χ1n) is 5.48. The summed E-state index contributed by atoms with van der Waals surface area (Å²) in [6.07, 6.45) is 0.00622. The third kappa shape index (κ3) is 6.29. The second-order valence-electron chi connectivity index (χ2n) is 3.67. The van der Waals surface area contributed by atoms with Crippen LogP contribution in [-0.4, -0.2) is 40.5 Å². The fourth-order valence-electron chi connectivity index (χ4n) is 1.30. The maximum Gasteiger partial charge on any atom is 0.326 e. The van der Waals surface area contributed by atoms with Gasteiger partial charge in [-0.25, -0.2) is 4.79 Å². The maximum absolute atomic E-state index is 11.5. The van der Waals surface area contributed by atoms with Crippen molar-refractivity contribution in [3.8, 4) is 0 Å². The molecule has 19 heavy (non-hydrogen) atoms. The van der Waals surface area contributed by atoms with Crippen molar-refractivity contribution in [3.63, 3.8) is 0 Å². The number of nitrogens with one attached hydrogen (secondary N) is 1. The molecule has 1 aromatic heterocycles. The average Bonchev–Trinajstić information content (AvgIpc) is 2.74. The predicted octanol–water partition coefficient (Wildman–Crippen LogP) is 1.59. The summed E-state index contributed by atoms with van der Waals surface area (Å²) in [5.74, 6) is -0.668. The van der Waals surface area contributed by atoms with Crippen molar-refractivity contribution in [2.45, 2.75) is 18.2 Å². The Morgan fingerprint density at radius 3 is 2.74 bits per heavy atom. The van der Waals surface area contributed by atoms with E-state index in [-0.39, 0.29) is 24.7 Å². The molecule has 0 saturated carbocycles. The minimum Gasteiger partial charge on any atom is -0.480 e. The Morgan fingerprint density at radius 2 is 2.21 bits per heavy atom. The van der Waals surface area contributed by atoms with E-state index in [0.29, 0.717) is 10.1 Å². The Bertz CT molecular complexity index is 438. The van der Waals surface area contributed by atoms with Crippen molar-refractivity contribution in [3.05, 3.63) is 21.3 Å². The number of thiophene rings is 1. The van der Waals surface area contributed by atoms with Crippen LogP contribution in [0.4, 0.5) is 0 Å². The van der Waals surface area contributed by atoms with Crippen LogP contribution in [0.5, 0.6) is 0 Å².